The molecule has 2 aromatic rings. The van der Waals surface area contributed by atoms with E-state index in [4.69, 9.17) is 0 Å². The number of benzene rings is 2. The molecule has 2 aromatic carbocycles. The maximum absolute atomic E-state index is 12.3. The number of unbranched alkanes of at least 4 members (excludes halogenated alkanes) is 3. The van der Waals surface area contributed by atoms with E-state index >= 15 is 0 Å². The first-order valence-corrected chi connectivity index (χ1v) is 8.91. The van der Waals surface area contributed by atoms with Gasteiger partial charge in [0.05, 0.1) is 0 Å². The van der Waals surface area contributed by atoms with Gasteiger partial charge in [0, 0.05) is 24.2 Å². The summed E-state index contributed by atoms with van der Waals surface area (Å²) >= 11 is 0. The van der Waals surface area contributed by atoms with E-state index in [1.54, 1.807) is 24.3 Å². The Morgan fingerprint density at radius 1 is 0.920 bits per heavy atom. The fraction of sp³-hybridized carbons (Fsp3) is 0.333. The number of nitrogens with one attached hydrogen (secondary N) is 2. The van der Waals surface area contributed by atoms with E-state index in [2.05, 4.69) is 17.6 Å². The number of hydrogen-bond acceptors (Lipinski definition) is 2. The predicted molar refractivity (Wildman–Crippen MR) is 101 cm³/mol. The lowest BCUT2D eigenvalue weighted by molar-refractivity contribution is -0.116. The van der Waals surface area contributed by atoms with Gasteiger partial charge in [0.1, 0.15) is 0 Å². The van der Waals surface area contributed by atoms with Gasteiger partial charge in [-0.15, -0.1) is 0 Å². The van der Waals surface area contributed by atoms with Crippen LogP contribution in [0.3, 0.4) is 0 Å². The maximum atomic E-state index is 12.3. The Bertz CT molecular complexity index is 683. The first kappa shape index (κ1) is 18.7. The monoisotopic (exact) mass is 338 g/mol. The molecule has 2 N–H and O–H groups in total. The van der Waals surface area contributed by atoms with E-state index in [0.717, 1.165) is 31.2 Å². The number of hydrogen-bond donors (Lipinski definition) is 2. The highest BCUT2D eigenvalue weighted by molar-refractivity contribution is 5.97. The summed E-state index contributed by atoms with van der Waals surface area (Å²) in [6.07, 6.45) is 4.80. The van der Waals surface area contributed by atoms with Crippen LogP contribution in [0.25, 0.3) is 0 Å². The summed E-state index contributed by atoms with van der Waals surface area (Å²) in [5.74, 6) is -0.152. The van der Waals surface area contributed by atoms with Crippen molar-refractivity contribution in [2.75, 3.05) is 5.32 Å². The minimum Gasteiger partial charge on any atom is -0.348 e. The zero-order valence-electron chi connectivity index (χ0n) is 14.8. The predicted octanol–water partition coefficient (Wildman–Crippen LogP) is 4.53. The topological polar surface area (TPSA) is 58.2 Å². The molecule has 2 amide bonds. The van der Waals surface area contributed by atoms with Crippen molar-refractivity contribution in [3.63, 3.8) is 0 Å². The Morgan fingerprint density at radius 3 is 2.48 bits per heavy atom. The highest BCUT2D eigenvalue weighted by Crippen LogP contribution is 2.12. The first-order valence-electron chi connectivity index (χ1n) is 8.91. The molecule has 0 atom stereocenters. The fourth-order valence-electron chi connectivity index (χ4n) is 2.55. The molecule has 2 rings (SSSR count). The van der Waals surface area contributed by atoms with Crippen LogP contribution in [0.2, 0.25) is 0 Å². The molecular formula is C21H26N2O2. The van der Waals surface area contributed by atoms with Crippen LogP contribution in [0.15, 0.2) is 54.6 Å². The molecule has 0 heterocycles. The number of carbonyl (C=O) groups excluding carboxylic acids is 2. The van der Waals surface area contributed by atoms with Gasteiger partial charge in [0.15, 0.2) is 0 Å². The van der Waals surface area contributed by atoms with Crippen molar-refractivity contribution >= 4 is 17.5 Å². The third-order valence-electron chi connectivity index (χ3n) is 3.96. The third-order valence-corrected chi connectivity index (χ3v) is 3.96. The summed E-state index contributed by atoms with van der Waals surface area (Å²) in [5, 5.41) is 5.76. The summed E-state index contributed by atoms with van der Waals surface area (Å²) in [7, 11) is 0. The zero-order valence-corrected chi connectivity index (χ0v) is 14.8. The number of amides is 2. The lowest BCUT2D eigenvalue weighted by Gasteiger charge is -2.08. The van der Waals surface area contributed by atoms with Gasteiger partial charge in [-0.2, -0.15) is 0 Å². The van der Waals surface area contributed by atoms with Crippen LogP contribution in [-0.2, 0) is 11.3 Å². The number of rotatable bonds is 9. The quantitative estimate of drug-likeness (QED) is 0.660. The van der Waals surface area contributed by atoms with Crippen molar-refractivity contribution in [3.8, 4) is 0 Å². The van der Waals surface area contributed by atoms with E-state index < -0.39 is 0 Å². The summed E-state index contributed by atoms with van der Waals surface area (Å²) in [6.45, 7) is 2.63. The Kier molecular flexibility index (Phi) is 7.70. The lowest BCUT2D eigenvalue weighted by Crippen LogP contribution is -2.23. The zero-order chi connectivity index (χ0) is 17.9. The molecule has 0 aliphatic rings. The Morgan fingerprint density at radius 2 is 1.72 bits per heavy atom. The molecule has 0 aliphatic heterocycles. The summed E-state index contributed by atoms with van der Waals surface area (Å²) in [6, 6.07) is 16.8. The smallest absolute Gasteiger partial charge is 0.251 e. The van der Waals surface area contributed by atoms with Crippen LogP contribution in [0.1, 0.15) is 54.9 Å². The van der Waals surface area contributed by atoms with Crippen LogP contribution in [-0.4, -0.2) is 11.8 Å². The normalized spacial score (nSPS) is 10.3. The van der Waals surface area contributed by atoms with Crippen LogP contribution in [0, 0.1) is 0 Å². The van der Waals surface area contributed by atoms with E-state index in [1.807, 2.05) is 30.3 Å². The number of anilines is 1. The summed E-state index contributed by atoms with van der Waals surface area (Å²) in [5.41, 5.74) is 2.25. The Hall–Kier alpha value is -2.62. The minimum atomic E-state index is -0.150. The van der Waals surface area contributed by atoms with Crippen molar-refractivity contribution in [1.29, 1.82) is 0 Å². The molecule has 0 fully saturated rings. The van der Waals surface area contributed by atoms with Gasteiger partial charge >= 0.3 is 0 Å². The molecule has 0 aliphatic carbocycles. The van der Waals surface area contributed by atoms with Crippen LogP contribution < -0.4 is 10.6 Å². The van der Waals surface area contributed by atoms with Crippen molar-refractivity contribution < 1.29 is 9.59 Å². The van der Waals surface area contributed by atoms with E-state index in [9.17, 15) is 9.59 Å². The molecule has 132 valence electrons. The SMILES string of the molecule is CCCCCCC(=O)Nc1cccc(C(=O)NCc2ccccc2)c1. The Labute approximate surface area is 149 Å². The van der Waals surface area contributed by atoms with E-state index in [0.29, 0.717) is 24.2 Å². The van der Waals surface area contributed by atoms with Crippen molar-refractivity contribution in [3.05, 3.63) is 65.7 Å². The standard InChI is InChI=1S/C21H26N2O2/c1-2-3-4-8-14-20(24)23-19-13-9-12-18(15-19)21(25)22-16-17-10-6-5-7-11-17/h5-7,9-13,15H,2-4,8,14,16H2,1H3,(H,22,25)(H,23,24). The average molecular weight is 338 g/mol. The van der Waals surface area contributed by atoms with E-state index in [-0.39, 0.29) is 11.8 Å². The minimum absolute atomic E-state index is 0.00190. The highest BCUT2D eigenvalue weighted by Gasteiger charge is 2.08. The fourth-order valence-corrected chi connectivity index (χ4v) is 2.55. The second-order valence-corrected chi connectivity index (χ2v) is 6.11. The van der Waals surface area contributed by atoms with Crippen molar-refractivity contribution in [2.45, 2.75) is 45.6 Å². The van der Waals surface area contributed by atoms with E-state index in [1.165, 1.54) is 0 Å². The molecule has 4 nitrogen and oxygen atoms in total. The second kappa shape index (κ2) is 10.3. The van der Waals surface area contributed by atoms with Gasteiger partial charge < -0.3 is 10.6 Å². The van der Waals surface area contributed by atoms with Gasteiger partial charge in [-0.3, -0.25) is 9.59 Å². The van der Waals surface area contributed by atoms with Crippen molar-refractivity contribution in [2.24, 2.45) is 0 Å². The molecule has 25 heavy (non-hydrogen) atoms. The molecular weight excluding hydrogens is 312 g/mol. The van der Waals surface area contributed by atoms with Crippen LogP contribution in [0.5, 0.6) is 0 Å². The molecule has 0 aromatic heterocycles. The van der Waals surface area contributed by atoms with Gasteiger partial charge in [-0.05, 0) is 30.2 Å². The summed E-state index contributed by atoms with van der Waals surface area (Å²) in [4.78, 5) is 24.2. The van der Waals surface area contributed by atoms with Crippen molar-refractivity contribution in [1.82, 2.24) is 5.32 Å². The Balaban J connectivity index is 1.85. The first-order chi connectivity index (χ1) is 12.2. The molecule has 0 bridgehead atoms. The molecule has 0 spiro atoms. The van der Waals surface area contributed by atoms with Gasteiger partial charge in [0.25, 0.3) is 5.91 Å². The summed E-state index contributed by atoms with van der Waals surface area (Å²) < 4.78 is 0. The third kappa shape index (κ3) is 6.79. The van der Waals surface area contributed by atoms with Gasteiger partial charge in [-0.1, -0.05) is 62.6 Å². The molecule has 0 radical (unpaired) electrons. The lowest BCUT2D eigenvalue weighted by atomic mass is 10.1. The molecule has 0 saturated carbocycles. The van der Waals surface area contributed by atoms with Gasteiger partial charge in [-0.25, -0.2) is 0 Å². The van der Waals surface area contributed by atoms with Crippen LogP contribution in [0.4, 0.5) is 5.69 Å². The van der Waals surface area contributed by atoms with Crippen LogP contribution >= 0.6 is 0 Å². The molecule has 0 saturated heterocycles. The largest absolute Gasteiger partial charge is 0.348 e. The maximum Gasteiger partial charge on any atom is 0.251 e. The second-order valence-electron chi connectivity index (χ2n) is 6.11. The molecule has 0 unspecified atom stereocenters. The van der Waals surface area contributed by atoms with Gasteiger partial charge in [0.2, 0.25) is 5.91 Å². The number of carbonyl (C=O) groups is 2. The highest BCUT2D eigenvalue weighted by atomic mass is 16.2. The average Bonchev–Trinajstić information content (AvgIpc) is 2.64. The molecule has 4 heteroatoms.